The Morgan fingerprint density at radius 3 is 1.72 bits per heavy atom. The van der Waals surface area contributed by atoms with Crippen molar-refractivity contribution in [3.63, 3.8) is 0 Å². The van der Waals surface area contributed by atoms with Gasteiger partial charge >= 0.3 is 0 Å². The van der Waals surface area contributed by atoms with Gasteiger partial charge in [0.15, 0.2) is 5.78 Å². The molecule has 0 radical (unpaired) electrons. The van der Waals surface area contributed by atoms with Gasteiger partial charge < -0.3 is 0 Å². The lowest BCUT2D eigenvalue weighted by Crippen LogP contribution is -3.41. The first-order chi connectivity index (χ1) is 11.8. The summed E-state index contributed by atoms with van der Waals surface area (Å²) in [7, 11) is 0. The molecule has 3 nitrogen and oxygen atoms in total. The largest absolute Gasteiger partial charge is 0.297 e. The molecule has 25 heavy (non-hydrogen) atoms. The topological polar surface area (TPSA) is 26.0 Å². The molecule has 0 atom stereocenters. The third kappa shape index (κ3) is 2.21. The minimum Gasteiger partial charge on any atom is -0.297 e. The Balaban J connectivity index is 1.74. The molecule has 0 aliphatic carbocycles. The number of rotatable bonds is 4. The molecule has 4 saturated heterocycles. The molecule has 4 aliphatic rings. The van der Waals surface area contributed by atoms with Gasteiger partial charge in [-0.1, -0.05) is 46.8 Å². The maximum atomic E-state index is 13.6. The SMILES string of the molecule is CCc1ccc(C2[NH+]3CC4(C(C)C)C[NH+]2CC(C(C)C)(C3)C4=O)cc1. The number of hydrogen-bond acceptors (Lipinski definition) is 1. The van der Waals surface area contributed by atoms with Crippen LogP contribution in [0, 0.1) is 22.7 Å². The summed E-state index contributed by atoms with van der Waals surface area (Å²) in [5.41, 5.74) is 2.66. The van der Waals surface area contributed by atoms with Crippen LogP contribution < -0.4 is 9.80 Å². The van der Waals surface area contributed by atoms with Gasteiger partial charge in [0.25, 0.3) is 0 Å². The van der Waals surface area contributed by atoms with Gasteiger partial charge in [-0.25, -0.2) is 0 Å². The van der Waals surface area contributed by atoms with E-state index >= 15 is 0 Å². The maximum absolute atomic E-state index is 13.6. The van der Waals surface area contributed by atoms with E-state index in [9.17, 15) is 4.79 Å². The Bertz CT molecular complexity index is 630. The molecule has 0 aromatic heterocycles. The number of nitrogens with one attached hydrogen (secondary N) is 2. The zero-order valence-corrected chi connectivity index (χ0v) is 16.5. The van der Waals surface area contributed by atoms with Crippen LogP contribution in [-0.4, -0.2) is 32.0 Å². The summed E-state index contributed by atoms with van der Waals surface area (Å²) < 4.78 is 0. The van der Waals surface area contributed by atoms with Crippen molar-refractivity contribution in [1.29, 1.82) is 0 Å². The summed E-state index contributed by atoms with van der Waals surface area (Å²) >= 11 is 0. The van der Waals surface area contributed by atoms with Crippen LogP contribution in [0.25, 0.3) is 0 Å². The first kappa shape index (κ1) is 17.2. The lowest BCUT2D eigenvalue weighted by Gasteiger charge is -2.62. The van der Waals surface area contributed by atoms with Crippen LogP contribution in [-0.2, 0) is 11.2 Å². The van der Waals surface area contributed by atoms with Crippen LogP contribution in [0.2, 0.25) is 0 Å². The van der Waals surface area contributed by atoms with Crippen LogP contribution in [0.15, 0.2) is 24.3 Å². The molecular weight excluding hydrogens is 308 g/mol. The van der Waals surface area contributed by atoms with Crippen molar-refractivity contribution in [1.82, 2.24) is 0 Å². The van der Waals surface area contributed by atoms with E-state index in [1.807, 2.05) is 0 Å². The second-order valence-electron chi connectivity index (χ2n) is 9.50. The van der Waals surface area contributed by atoms with Crippen molar-refractivity contribution in [2.24, 2.45) is 22.7 Å². The highest BCUT2D eigenvalue weighted by Crippen LogP contribution is 2.44. The maximum Gasteiger partial charge on any atom is 0.240 e. The van der Waals surface area contributed by atoms with E-state index in [0.717, 1.165) is 32.6 Å². The van der Waals surface area contributed by atoms with Gasteiger partial charge in [0.05, 0.1) is 5.56 Å². The molecule has 4 bridgehead atoms. The van der Waals surface area contributed by atoms with E-state index in [1.54, 1.807) is 9.80 Å². The third-order valence-corrected chi connectivity index (χ3v) is 7.82. The number of carbonyl (C=O) groups is 1. The molecule has 4 aliphatic heterocycles. The Morgan fingerprint density at radius 1 is 0.920 bits per heavy atom. The fourth-order valence-electron chi connectivity index (χ4n) is 6.14. The monoisotopic (exact) mass is 342 g/mol. The van der Waals surface area contributed by atoms with E-state index in [1.165, 1.54) is 11.1 Å². The molecule has 136 valence electrons. The van der Waals surface area contributed by atoms with Crippen LogP contribution in [0.4, 0.5) is 0 Å². The third-order valence-electron chi connectivity index (χ3n) is 7.82. The fraction of sp³-hybridized carbons (Fsp3) is 0.682. The summed E-state index contributed by atoms with van der Waals surface area (Å²) in [6.45, 7) is 15.4. The van der Waals surface area contributed by atoms with Gasteiger partial charge in [0.1, 0.15) is 37.0 Å². The first-order valence-electron chi connectivity index (χ1n) is 10.2. The Morgan fingerprint density at radius 2 is 1.36 bits per heavy atom. The van der Waals surface area contributed by atoms with Crippen LogP contribution in [0.3, 0.4) is 0 Å². The van der Waals surface area contributed by atoms with Gasteiger partial charge in [0.2, 0.25) is 6.17 Å². The van der Waals surface area contributed by atoms with Crippen molar-refractivity contribution in [3.8, 4) is 0 Å². The zero-order chi connectivity index (χ0) is 18.0. The van der Waals surface area contributed by atoms with E-state index in [4.69, 9.17) is 0 Å². The molecule has 0 amide bonds. The number of benzene rings is 1. The Hall–Kier alpha value is -1.19. The second-order valence-corrected chi connectivity index (χ2v) is 9.50. The predicted molar refractivity (Wildman–Crippen MR) is 99.5 cm³/mol. The van der Waals surface area contributed by atoms with Crippen molar-refractivity contribution in [2.75, 3.05) is 26.2 Å². The molecule has 1 aromatic rings. The number of ketones is 1. The minimum absolute atomic E-state index is 0.106. The predicted octanol–water partition coefficient (Wildman–Crippen LogP) is 0.912. The molecule has 0 saturated carbocycles. The average molecular weight is 343 g/mol. The van der Waals surface area contributed by atoms with Crippen molar-refractivity contribution in [3.05, 3.63) is 35.4 Å². The average Bonchev–Trinajstić information content (AvgIpc) is 2.58. The quantitative estimate of drug-likeness (QED) is 0.836. The van der Waals surface area contributed by atoms with Crippen molar-refractivity contribution in [2.45, 2.75) is 47.2 Å². The molecule has 1 aromatic carbocycles. The number of carbonyl (C=O) groups excluding carboxylic acids is 1. The second kappa shape index (κ2) is 5.65. The molecule has 5 rings (SSSR count). The van der Waals surface area contributed by atoms with Crippen LogP contribution >= 0.6 is 0 Å². The molecule has 4 heterocycles. The molecule has 3 heteroatoms. The minimum atomic E-state index is -0.106. The fourth-order valence-corrected chi connectivity index (χ4v) is 6.14. The van der Waals surface area contributed by atoms with Gasteiger partial charge in [-0.2, -0.15) is 0 Å². The van der Waals surface area contributed by atoms with Crippen molar-refractivity contribution < 1.29 is 14.6 Å². The first-order valence-corrected chi connectivity index (χ1v) is 10.2. The van der Waals surface area contributed by atoms with Gasteiger partial charge in [-0.05, 0) is 36.0 Å². The standard InChI is InChI=1S/C22H32N2O/c1-6-17-7-9-18(10-8-17)19-23-11-21(15(2)3)12-24(19)14-22(13-23,16(4)5)20(21)25/h7-10,15-16,19H,6,11-14H2,1-5H3/p+2. The summed E-state index contributed by atoms with van der Waals surface area (Å²) in [5.74, 6) is 1.47. The highest BCUT2D eigenvalue weighted by molar-refractivity contribution is 5.92. The summed E-state index contributed by atoms with van der Waals surface area (Å²) in [6.07, 6.45) is 1.61. The van der Waals surface area contributed by atoms with Gasteiger partial charge in [-0.3, -0.25) is 14.6 Å². The highest BCUT2D eigenvalue weighted by atomic mass is 16.1. The number of Topliss-reactive ketones (excluding diaryl/α,β-unsaturated/α-hetero) is 1. The lowest BCUT2D eigenvalue weighted by atomic mass is 9.53. The summed E-state index contributed by atoms with van der Waals surface area (Å²) in [6, 6.07) is 9.28. The number of quaternary nitrogens is 2. The highest BCUT2D eigenvalue weighted by Gasteiger charge is 2.72. The Labute approximate surface area is 152 Å². The van der Waals surface area contributed by atoms with Crippen LogP contribution in [0.5, 0.6) is 0 Å². The number of aryl methyl sites for hydroxylation is 1. The Kier molecular flexibility index (Phi) is 3.90. The van der Waals surface area contributed by atoms with Gasteiger partial charge in [-0.15, -0.1) is 0 Å². The van der Waals surface area contributed by atoms with E-state index < -0.39 is 0 Å². The molecular formula is C22H34N2O+2. The molecule has 0 spiro atoms. The van der Waals surface area contributed by atoms with Gasteiger partial charge in [0, 0.05) is 0 Å². The lowest BCUT2D eigenvalue weighted by molar-refractivity contribution is -1.18. The number of hydrogen-bond donors (Lipinski definition) is 2. The summed E-state index contributed by atoms with van der Waals surface area (Å²) in [4.78, 5) is 16.9. The van der Waals surface area contributed by atoms with E-state index in [-0.39, 0.29) is 10.8 Å². The smallest absolute Gasteiger partial charge is 0.240 e. The van der Waals surface area contributed by atoms with E-state index in [2.05, 4.69) is 58.9 Å². The normalized spacial score (nSPS) is 39.6. The molecule has 4 fully saturated rings. The van der Waals surface area contributed by atoms with Crippen molar-refractivity contribution >= 4 is 5.78 Å². The van der Waals surface area contributed by atoms with E-state index in [0.29, 0.717) is 23.8 Å². The molecule has 0 unspecified atom stereocenters. The summed E-state index contributed by atoms with van der Waals surface area (Å²) in [5, 5.41) is 0. The van der Waals surface area contributed by atoms with Crippen LogP contribution in [0.1, 0.15) is 51.9 Å². The zero-order valence-electron chi connectivity index (χ0n) is 16.5. The number of piperidine rings is 2. The molecule has 2 N–H and O–H groups in total.